The van der Waals surface area contributed by atoms with Crippen LogP contribution in [0.15, 0.2) is 0 Å². The fourth-order valence-electron chi connectivity index (χ4n) is 8.76. The van der Waals surface area contributed by atoms with Crippen molar-refractivity contribution in [3.05, 3.63) is 0 Å². The molecule has 0 aliphatic carbocycles. The van der Waals surface area contributed by atoms with E-state index in [1.807, 2.05) is 25.9 Å². The molecule has 3 saturated heterocycles. The number of esters is 2. The van der Waals surface area contributed by atoms with E-state index >= 15 is 0 Å². The lowest BCUT2D eigenvalue weighted by molar-refractivity contribution is -0.319. The smallest absolute Gasteiger partial charge is 0.311 e. The van der Waals surface area contributed by atoms with E-state index < -0.39 is 114 Å². The summed E-state index contributed by atoms with van der Waals surface area (Å²) in [5, 5.41) is 46.6. The number of ether oxygens (including phenoxy) is 7. The van der Waals surface area contributed by atoms with Gasteiger partial charge in [0.05, 0.1) is 53.7 Å². The number of carbonyl (C=O) groups is 3. The Kier molecular flexibility index (Phi) is 16.3. The van der Waals surface area contributed by atoms with Crippen molar-refractivity contribution in [1.29, 1.82) is 0 Å². The summed E-state index contributed by atoms with van der Waals surface area (Å²) in [4.78, 5) is 42.9. The molecule has 320 valence electrons. The number of likely N-dealkylation sites (N-methyl/N-ethyl adjacent to an activating group) is 1. The molecule has 0 saturated carbocycles. The summed E-state index contributed by atoms with van der Waals surface area (Å²) in [6.07, 6.45) is -9.68. The molecule has 0 aromatic carbocycles. The molecule has 15 nitrogen and oxygen atoms in total. The highest BCUT2D eigenvalue weighted by Gasteiger charge is 2.54. The van der Waals surface area contributed by atoms with Crippen LogP contribution in [-0.4, -0.2) is 149 Å². The van der Waals surface area contributed by atoms with Crippen molar-refractivity contribution in [1.82, 2.24) is 4.90 Å². The molecule has 0 aromatic rings. The van der Waals surface area contributed by atoms with Crippen molar-refractivity contribution in [2.45, 2.75) is 193 Å². The molecule has 18 atom stereocenters. The van der Waals surface area contributed by atoms with Crippen molar-refractivity contribution in [2.24, 2.45) is 23.7 Å². The number of hydrogen-bond acceptors (Lipinski definition) is 15. The van der Waals surface area contributed by atoms with Crippen LogP contribution in [0.2, 0.25) is 0 Å². The Morgan fingerprint density at radius 1 is 0.891 bits per heavy atom. The Morgan fingerprint density at radius 3 is 2.05 bits per heavy atom. The van der Waals surface area contributed by atoms with E-state index in [2.05, 4.69) is 0 Å². The van der Waals surface area contributed by atoms with Gasteiger partial charge in [0.25, 0.3) is 0 Å². The van der Waals surface area contributed by atoms with Crippen molar-refractivity contribution in [2.75, 3.05) is 21.2 Å². The molecule has 4 N–H and O–H groups in total. The van der Waals surface area contributed by atoms with Crippen LogP contribution in [0.1, 0.15) is 108 Å². The highest BCUT2D eigenvalue weighted by molar-refractivity contribution is 5.83. The number of carbonyl (C=O) groups excluding carboxylic acids is 3. The predicted octanol–water partition coefficient (Wildman–Crippen LogP) is 2.75. The molecule has 3 heterocycles. The van der Waals surface area contributed by atoms with Crippen molar-refractivity contribution in [3.63, 3.8) is 0 Å². The first kappa shape index (κ1) is 47.6. The quantitative estimate of drug-likeness (QED) is 0.249. The maximum atomic E-state index is 14.2. The Bertz CT molecular complexity index is 1290. The SMILES string of the molecule is CCC(=O)O[C@H]1[C@@H](O[C@@H]2[C@@H](C)[C@H](O[C@@H]3C[C@](C)(OC)[C@H](O)[C@@H](C)O3)[C@@H](C)C(=O)O[C@H](CC)[C@@](C)(O)[C@H](O)[C@@H](C)C(=O)[C@H](C)C[C@@]2(C)O)O[C@H](C)C[C@@H]1N(C)C. The summed E-state index contributed by atoms with van der Waals surface area (Å²) >= 11 is 0. The highest BCUT2D eigenvalue weighted by atomic mass is 16.7. The second-order valence-corrected chi connectivity index (χ2v) is 17.3. The fraction of sp³-hybridized carbons (Fsp3) is 0.925. The average Bonchev–Trinajstić information content (AvgIpc) is 3.11. The Labute approximate surface area is 327 Å². The molecule has 3 fully saturated rings. The van der Waals surface area contributed by atoms with Crippen molar-refractivity contribution < 1.29 is 68.0 Å². The summed E-state index contributed by atoms with van der Waals surface area (Å²) in [7, 11) is 5.21. The molecule has 0 bridgehead atoms. The molecule has 0 radical (unpaired) electrons. The number of Topliss-reactive ketones (excluding diaryl/α,β-unsaturated/α-hetero) is 1. The molecule has 0 spiro atoms. The summed E-state index contributed by atoms with van der Waals surface area (Å²) in [5.74, 6) is -5.59. The van der Waals surface area contributed by atoms with E-state index in [0.29, 0.717) is 6.42 Å². The molecule has 3 aliphatic heterocycles. The van der Waals surface area contributed by atoms with E-state index in [-0.39, 0.29) is 37.8 Å². The lowest BCUT2D eigenvalue weighted by Crippen LogP contribution is -2.61. The summed E-state index contributed by atoms with van der Waals surface area (Å²) in [6, 6.07) is -0.319. The number of nitrogens with zero attached hydrogens (tertiary/aromatic N) is 1. The third kappa shape index (κ3) is 10.6. The van der Waals surface area contributed by atoms with Gasteiger partial charge in [-0.1, -0.05) is 34.6 Å². The lowest BCUT2D eigenvalue weighted by Gasteiger charge is -2.49. The molecule has 3 rings (SSSR count). The van der Waals surface area contributed by atoms with Gasteiger partial charge in [0, 0.05) is 37.7 Å². The fourth-order valence-corrected chi connectivity index (χ4v) is 8.76. The van der Waals surface area contributed by atoms with Crippen LogP contribution in [0, 0.1) is 23.7 Å². The minimum Gasteiger partial charge on any atom is -0.459 e. The van der Waals surface area contributed by atoms with Crippen molar-refractivity contribution >= 4 is 17.7 Å². The summed E-state index contributed by atoms with van der Waals surface area (Å²) in [5.41, 5.74) is -4.92. The maximum absolute atomic E-state index is 14.2. The standard InChI is InChI=1S/C40H71NO14/c1-15-27-40(11,48)33(44)22(5)30(43)20(3)18-38(9,47)35(55-37-32(53-28(42)16-2)26(41(12)13)17-21(4)50-37)23(6)31(24(7)36(46)52-27)54-29-19-39(10,49-14)34(45)25(8)51-29/h20-27,29,31-35,37,44-45,47-48H,15-19H2,1-14H3/t20-,21-,22+,23+,24-,25-,26+,27-,29-,31+,32-,33-,34-,35-,37-,38-,39+,40-/m1/s1. The topological polar surface area (TPSA) is 200 Å². The Balaban J connectivity index is 2.24. The highest BCUT2D eigenvalue weighted by Crippen LogP contribution is 2.41. The van der Waals surface area contributed by atoms with E-state index in [0.717, 1.165) is 0 Å². The van der Waals surface area contributed by atoms with Gasteiger partial charge >= 0.3 is 11.9 Å². The maximum Gasteiger partial charge on any atom is 0.311 e. The van der Waals surface area contributed by atoms with Gasteiger partial charge in [-0.3, -0.25) is 14.4 Å². The van der Waals surface area contributed by atoms with Crippen LogP contribution in [0.5, 0.6) is 0 Å². The molecule has 55 heavy (non-hydrogen) atoms. The van der Waals surface area contributed by atoms with E-state index in [4.69, 9.17) is 33.2 Å². The first-order valence-electron chi connectivity index (χ1n) is 19.9. The normalized spacial score (nSPS) is 46.9. The first-order valence-corrected chi connectivity index (χ1v) is 19.9. The van der Waals surface area contributed by atoms with Gasteiger partial charge in [0.2, 0.25) is 0 Å². The summed E-state index contributed by atoms with van der Waals surface area (Å²) in [6.45, 7) is 18.0. The minimum atomic E-state index is -2.01. The van der Waals surface area contributed by atoms with Gasteiger partial charge < -0.3 is 58.5 Å². The van der Waals surface area contributed by atoms with Crippen LogP contribution in [0.4, 0.5) is 0 Å². The monoisotopic (exact) mass is 789 g/mol. The number of methoxy groups -OCH3 is 1. The van der Waals surface area contributed by atoms with E-state index in [1.165, 1.54) is 27.9 Å². The van der Waals surface area contributed by atoms with E-state index in [9.17, 15) is 34.8 Å². The van der Waals surface area contributed by atoms with Crippen LogP contribution < -0.4 is 0 Å². The van der Waals surface area contributed by atoms with Crippen LogP contribution in [0.3, 0.4) is 0 Å². The zero-order valence-corrected chi connectivity index (χ0v) is 35.5. The zero-order chi connectivity index (χ0) is 42.0. The first-order chi connectivity index (χ1) is 25.4. The predicted molar refractivity (Wildman–Crippen MR) is 200 cm³/mol. The zero-order valence-electron chi connectivity index (χ0n) is 35.5. The van der Waals surface area contributed by atoms with E-state index in [1.54, 1.807) is 48.5 Å². The largest absolute Gasteiger partial charge is 0.459 e. The second kappa shape index (κ2) is 18.9. The number of aliphatic hydroxyl groups is 4. The molecule has 3 aliphatic rings. The van der Waals surface area contributed by atoms with Gasteiger partial charge in [0.15, 0.2) is 18.7 Å². The van der Waals surface area contributed by atoms with Crippen LogP contribution in [0.25, 0.3) is 0 Å². The molecular formula is C40H71NO14. The molecule has 15 heteroatoms. The minimum absolute atomic E-state index is 0.0760. The molecule has 0 amide bonds. The number of hydrogen-bond donors (Lipinski definition) is 4. The second-order valence-electron chi connectivity index (χ2n) is 17.3. The summed E-state index contributed by atoms with van der Waals surface area (Å²) < 4.78 is 43.6. The van der Waals surface area contributed by atoms with Crippen LogP contribution in [-0.2, 0) is 47.5 Å². The average molecular weight is 790 g/mol. The van der Waals surface area contributed by atoms with Gasteiger partial charge in [-0.2, -0.15) is 0 Å². The Morgan fingerprint density at radius 2 is 1.51 bits per heavy atom. The number of rotatable bonds is 9. The third-order valence-electron chi connectivity index (χ3n) is 12.4. The van der Waals surface area contributed by atoms with Gasteiger partial charge in [-0.05, 0) is 74.9 Å². The number of ketones is 1. The number of cyclic esters (lactones) is 1. The van der Waals surface area contributed by atoms with Crippen molar-refractivity contribution in [3.8, 4) is 0 Å². The molecule has 0 unspecified atom stereocenters. The van der Waals surface area contributed by atoms with Gasteiger partial charge in [-0.25, -0.2) is 0 Å². The molecule has 0 aromatic heterocycles. The number of aliphatic hydroxyl groups excluding tert-OH is 2. The lowest BCUT2D eigenvalue weighted by atomic mass is 9.74. The third-order valence-corrected chi connectivity index (χ3v) is 12.4. The molecular weight excluding hydrogens is 718 g/mol. The van der Waals surface area contributed by atoms with Crippen LogP contribution >= 0.6 is 0 Å². The van der Waals surface area contributed by atoms with Gasteiger partial charge in [-0.15, -0.1) is 0 Å². The van der Waals surface area contributed by atoms with Gasteiger partial charge in [0.1, 0.15) is 23.6 Å². The Hall–Kier alpha value is -1.79.